The predicted molar refractivity (Wildman–Crippen MR) is 297 cm³/mol. The summed E-state index contributed by atoms with van der Waals surface area (Å²) in [6, 6.07) is 53.4. The first-order chi connectivity index (χ1) is 34.2. The second kappa shape index (κ2) is 14.3. The van der Waals surface area contributed by atoms with Crippen molar-refractivity contribution in [2.24, 2.45) is 0 Å². The molecule has 0 saturated heterocycles. The smallest absolute Gasteiger partial charge is 0.249 e. The zero-order valence-electron chi connectivity index (χ0n) is 38.4. The van der Waals surface area contributed by atoms with Gasteiger partial charge < -0.3 is 19.6 Å². The van der Waals surface area contributed by atoms with Crippen LogP contribution in [0.25, 0.3) is 20.2 Å². The van der Waals surface area contributed by atoms with E-state index >= 15 is 0 Å². The number of fused-ring (bicyclic) bond motifs is 13. The molecule has 0 radical (unpaired) electrons. The van der Waals surface area contributed by atoms with Crippen molar-refractivity contribution in [3.8, 4) is 0 Å². The maximum atomic E-state index is 2.71. The Kier molecular flexibility index (Phi) is 8.05. The molecule has 0 bridgehead atoms. The third-order valence-corrected chi connectivity index (χ3v) is 20.5. The van der Waals surface area contributed by atoms with Crippen LogP contribution in [0.4, 0.5) is 45.5 Å². The number of para-hydroxylation sites is 4. The molecule has 0 saturated carbocycles. The van der Waals surface area contributed by atoms with Crippen molar-refractivity contribution in [3.63, 3.8) is 0 Å². The summed E-state index contributed by atoms with van der Waals surface area (Å²) >= 11 is 6.05. The van der Waals surface area contributed by atoms with Crippen LogP contribution in [0.5, 0.6) is 0 Å². The van der Waals surface area contributed by atoms with Crippen molar-refractivity contribution < 1.29 is 0 Å². The van der Waals surface area contributed by atoms with Crippen LogP contribution in [0.3, 0.4) is 0 Å². The molecule has 8 aromatic carbocycles. The summed E-state index contributed by atoms with van der Waals surface area (Å²) in [7, 11) is 0. The summed E-state index contributed by atoms with van der Waals surface area (Å²) in [6.45, 7) is 4.64. The first-order valence-corrected chi connectivity index (χ1v) is 27.9. The van der Waals surface area contributed by atoms with Gasteiger partial charge in [-0.15, -0.1) is 11.3 Å². The van der Waals surface area contributed by atoms with Crippen LogP contribution in [-0.2, 0) is 25.7 Å². The Morgan fingerprint density at radius 1 is 0.362 bits per heavy atom. The van der Waals surface area contributed by atoms with Gasteiger partial charge in [0.15, 0.2) is 0 Å². The fraction of sp³-hybridized carbons (Fsp3) is 0.200. The molecule has 69 heavy (non-hydrogen) atoms. The molecule has 8 aliphatic heterocycles. The van der Waals surface area contributed by atoms with E-state index in [0.717, 1.165) is 51.9 Å². The van der Waals surface area contributed by atoms with E-state index in [1.165, 1.54) is 166 Å². The van der Waals surface area contributed by atoms with Crippen molar-refractivity contribution in [2.45, 2.75) is 70.9 Å². The van der Waals surface area contributed by atoms with Gasteiger partial charge in [0.1, 0.15) is 0 Å². The first kappa shape index (κ1) is 38.8. The van der Waals surface area contributed by atoms with Gasteiger partial charge >= 0.3 is 0 Å². The van der Waals surface area contributed by atoms with E-state index in [1.807, 2.05) is 34.9 Å². The van der Waals surface area contributed by atoms with Crippen LogP contribution in [0.15, 0.2) is 153 Å². The molecule has 1 aromatic heterocycles. The molecule has 17 rings (SSSR count). The summed E-state index contributed by atoms with van der Waals surface area (Å²) in [5.74, 6) is 0. The largest absolute Gasteiger partial charge is 0.342 e. The van der Waals surface area contributed by atoms with Crippen molar-refractivity contribution >= 4 is 147 Å². The number of aryl methyl sites for hydroxylation is 4. The average Bonchev–Trinajstić information content (AvgIpc) is 3.74. The fourth-order valence-corrected chi connectivity index (χ4v) is 18.0. The Labute approximate surface area is 416 Å². The average molecular weight is 941 g/mol. The highest BCUT2D eigenvalue weighted by atomic mass is 32.2. The second-order valence-corrected chi connectivity index (χ2v) is 23.9. The van der Waals surface area contributed by atoms with Gasteiger partial charge in [0.05, 0.1) is 0 Å². The van der Waals surface area contributed by atoms with Gasteiger partial charge in [-0.3, -0.25) is 0 Å². The van der Waals surface area contributed by atoms with Gasteiger partial charge in [-0.2, -0.15) is 0 Å². The summed E-state index contributed by atoms with van der Waals surface area (Å²) in [6.07, 6.45) is 9.33. The van der Waals surface area contributed by atoms with Crippen molar-refractivity contribution in [1.29, 1.82) is 0 Å². The van der Waals surface area contributed by atoms with Gasteiger partial charge in [-0.1, -0.05) is 119 Å². The molecule has 9 heterocycles. The Bertz CT molecular complexity index is 3540. The van der Waals surface area contributed by atoms with Crippen LogP contribution < -0.4 is 52.4 Å². The zero-order valence-corrected chi connectivity index (χ0v) is 40.8. The topological polar surface area (TPSA) is 13.0 Å². The van der Waals surface area contributed by atoms with E-state index in [-0.39, 0.29) is 13.4 Å². The summed E-state index contributed by atoms with van der Waals surface area (Å²) in [5.41, 5.74) is 26.1. The third-order valence-electron chi connectivity index (χ3n) is 17.1. The lowest BCUT2D eigenvalue weighted by Crippen LogP contribution is -2.61. The number of thiophene rings is 1. The van der Waals surface area contributed by atoms with E-state index in [9.17, 15) is 0 Å². The van der Waals surface area contributed by atoms with E-state index in [4.69, 9.17) is 0 Å². The second-order valence-electron chi connectivity index (χ2n) is 20.7. The molecule has 330 valence electrons. The van der Waals surface area contributed by atoms with Gasteiger partial charge in [-0.05, 0) is 155 Å². The van der Waals surface area contributed by atoms with Gasteiger partial charge in [0, 0.05) is 101 Å². The number of anilines is 8. The van der Waals surface area contributed by atoms with Gasteiger partial charge in [0.2, 0.25) is 13.4 Å². The molecule has 0 spiro atoms. The van der Waals surface area contributed by atoms with Crippen molar-refractivity contribution in [1.82, 2.24) is 0 Å². The zero-order chi connectivity index (χ0) is 44.6. The summed E-state index contributed by atoms with van der Waals surface area (Å²) in [4.78, 5) is 16.3. The fourth-order valence-electron chi connectivity index (χ4n) is 14.3. The van der Waals surface area contributed by atoms with Gasteiger partial charge in [-0.25, -0.2) is 0 Å². The minimum atomic E-state index is 0.196. The molecule has 0 N–H and O–H groups in total. The molecule has 8 aliphatic rings. The maximum absolute atomic E-state index is 2.71. The monoisotopic (exact) mass is 940 g/mol. The first-order valence-electron chi connectivity index (χ1n) is 25.4. The molecule has 9 aromatic rings. The number of hydrogen-bond acceptors (Lipinski definition) is 7. The van der Waals surface area contributed by atoms with E-state index in [1.54, 1.807) is 0 Å². The molecule has 0 atom stereocenters. The van der Waals surface area contributed by atoms with E-state index < -0.39 is 0 Å². The van der Waals surface area contributed by atoms with Gasteiger partial charge in [0.25, 0.3) is 0 Å². The molecule has 0 unspecified atom stereocenters. The van der Waals surface area contributed by atoms with Crippen LogP contribution >= 0.6 is 34.9 Å². The van der Waals surface area contributed by atoms with Crippen LogP contribution in [-0.4, -0.2) is 39.6 Å². The van der Waals surface area contributed by atoms with Crippen molar-refractivity contribution in [2.75, 3.05) is 45.8 Å². The van der Waals surface area contributed by atoms with E-state index in [2.05, 4.69) is 153 Å². The highest BCUT2D eigenvalue weighted by Crippen LogP contribution is 2.49. The lowest BCUT2D eigenvalue weighted by molar-refractivity contribution is 0.761. The standard InChI is InChI=1S/C60H46B2N4S3/c1-3-21-47-35(11-1)15-7-23-63(47)39-27-49-57-55(29-39)68-53-33-51-41(31-45(53)61(57)43-19-5-13-37-17-9-25-65(49)59(37)43)42-32-46-54(34-52(42)67-51)69-56-30-40(64-24-8-16-36-12-2-4-22-48(36)64)28-50-58(56)62(46)44-20-6-14-38-18-10-26-66(50)60(38)44/h1-6,11-14,19-22,27-34H,7-10,15-18,23-26H2. The van der Waals surface area contributed by atoms with Crippen LogP contribution in [0, 0.1) is 0 Å². The quantitative estimate of drug-likeness (QED) is 0.159. The molecule has 0 amide bonds. The normalized spacial score (nSPS) is 17.4. The number of rotatable bonds is 2. The maximum Gasteiger partial charge on any atom is 0.249 e. The third kappa shape index (κ3) is 5.37. The lowest BCUT2D eigenvalue weighted by atomic mass is 9.34. The summed E-state index contributed by atoms with van der Waals surface area (Å²) < 4.78 is 2.80. The minimum absolute atomic E-state index is 0.196. The SMILES string of the molecule is c1ccc2c(c1)CCCN2c1cc2c3c(c1)N1CCCc4cccc(c41)B3c1cc3c(cc1S2)sc1cc2c(cc13)B1c3cccc4c3N(CCC4)c3cc(N4CCCc5ccccc54)cc(c31)S2. The molecular weight excluding hydrogens is 895 g/mol. The molecular formula is C60H46B2N4S3. The highest BCUT2D eigenvalue weighted by Gasteiger charge is 2.45. The molecule has 9 heteroatoms. The van der Waals surface area contributed by atoms with E-state index in [0.29, 0.717) is 0 Å². The molecule has 0 aliphatic carbocycles. The Hall–Kier alpha value is -5.99. The number of benzene rings is 8. The van der Waals surface area contributed by atoms with Crippen LogP contribution in [0.1, 0.15) is 47.9 Å². The van der Waals surface area contributed by atoms with Crippen LogP contribution in [0.2, 0.25) is 0 Å². The highest BCUT2D eigenvalue weighted by molar-refractivity contribution is 8.00. The number of hydrogen-bond donors (Lipinski definition) is 0. The Morgan fingerprint density at radius 3 is 1.29 bits per heavy atom. The van der Waals surface area contributed by atoms with Crippen molar-refractivity contribution in [3.05, 3.63) is 156 Å². The molecule has 0 fully saturated rings. The lowest BCUT2D eigenvalue weighted by Gasteiger charge is -2.44. The Morgan fingerprint density at radius 2 is 0.797 bits per heavy atom. The Balaban J connectivity index is 0.854. The number of nitrogens with zero attached hydrogens (tertiary/aromatic N) is 4. The predicted octanol–water partition coefficient (Wildman–Crippen LogP) is 11.0. The minimum Gasteiger partial charge on any atom is -0.342 e. The molecule has 4 nitrogen and oxygen atoms in total. The summed E-state index contributed by atoms with van der Waals surface area (Å²) in [5, 5.41) is 2.83.